The highest BCUT2D eigenvalue weighted by Crippen LogP contribution is 2.22. The molecule has 4 aromatic heterocycles. The normalized spacial score (nSPS) is 16.4. The number of anilines is 1. The fourth-order valence-corrected chi connectivity index (χ4v) is 4.27. The molecular weight excluding hydrogens is 388 g/mol. The number of fused-ring (bicyclic) bond motifs is 1. The summed E-state index contributed by atoms with van der Waals surface area (Å²) in [5, 5.41) is 10.0. The van der Waals surface area contributed by atoms with E-state index in [0.29, 0.717) is 19.4 Å². The van der Waals surface area contributed by atoms with Crippen LogP contribution in [0.25, 0.3) is 5.65 Å². The zero-order valence-electron chi connectivity index (χ0n) is 17.9. The van der Waals surface area contributed by atoms with Gasteiger partial charge in [0.25, 0.3) is 0 Å². The van der Waals surface area contributed by atoms with E-state index in [4.69, 9.17) is 9.97 Å². The fraction of sp³-hybridized carbons (Fsp3) is 0.333. The second-order valence-corrected chi connectivity index (χ2v) is 8.38. The molecule has 7 nitrogen and oxygen atoms in total. The van der Waals surface area contributed by atoms with Crippen molar-refractivity contribution in [3.63, 3.8) is 0 Å². The summed E-state index contributed by atoms with van der Waals surface area (Å²) in [5.41, 5.74) is 6.20. The van der Waals surface area contributed by atoms with Gasteiger partial charge < -0.3 is 14.4 Å². The molecule has 0 bridgehead atoms. The van der Waals surface area contributed by atoms with Crippen LogP contribution in [-0.4, -0.2) is 48.6 Å². The smallest absolute Gasteiger partial charge is 0.136 e. The molecule has 1 unspecified atom stereocenters. The van der Waals surface area contributed by atoms with Crippen molar-refractivity contribution in [1.29, 1.82) is 0 Å². The standard InChI is InChI=1S/C24H26N6O/c1-16-9-17(2)26-19(10-16)13-22-27-20(14-24(28-22)30-7-4-21(31)15-30)11-18-3-6-29-8-5-25-23(29)12-18/h3,5-6,8-10,12,14,21,31H,4,7,11,13,15H2,1-2H3. The Morgan fingerprint density at radius 1 is 1.00 bits per heavy atom. The summed E-state index contributed by atoms with van der Waals surface area (Å²) in [7, 11) is 0. The molecule has 158 valence electrons. The van der Waals surface area contributed by atoms with Gasteiger partial charge in [0.2, 0.25) is 0 Å². The van der Waals surface area contributed by atoms with Gasteiger partial charge in [0, 0.05) is 55.6 Å². The van der Waals surface area contributed by atoms with Gasteiger partial charge in [-0.25, -0.2) is 15.0 Å². The lowest BCUT2D eigenvalue weighted by atomic mass is 10.1. The van der Waals surface area contributed by atoms with Gasteiger partial charge in [0.05, 0.1) is 18.2 Å². The van der Waals surface area contributed by atoms with E-state index in [-0.39, 0.29) is 6.10 Å². The molecule has 31 heavy (non-hydrogen) atoms. The van der Waals surface area contributed by atoms with Crippen molar-refractivity contribution in [2.24, 2.45) is 0 Å². The average molecular weight is 415 g/mol. The van der Waals surface area contributed by atoms with E-state index < -0.39 is 0 Å². The summed E-state index contributed by atoms with van der Waals surface area (Å²) in [4.78, 5) is 20.9. The fourth-order valence-electron chi connectivity index (χ4n) is 4.27. The first-order chi connectivity index (χ1) is 15.0. The van der Waals surface area contributed by atoms with E-state index in [2.05, 4.69) is 46.1 Å². The molecule has 0 saturated carbocycles. The summed E-state index contributed by atoms with van der Waals surface area (Å²) in [6.07, 6.45) is 7.51. The van der Waals surface area contributed by atoms with Gasteiger partial charge in [-0.2, -0.15) is 0 Å². The third-order valence-electron chi connectivity index (χ3n) is 5.64. The average Bonchev–Trinajstić information content (AvgIpc) is 3.35. The van der Waals surface area contributed by atoms with E-state index in [9.17, 15) is 5.11 Å². The monoisotopic (exact) mass is 414 g/mol. The number of nitrogens with zero attached hydrogens (tertiary/aromatic N) is 6. The molecule has 0 aromatic carbocycles. The third kappa shape index (κ3) is 4.41. The Labute approximate surface area is 181 Å². The molecule has 1 saturated heterocycles. The number of aryl methyl sites for hydroxylation is 2. The molecule has 4 aromatic rings. The number of hydrogen-bond acceptors (Lipinski definition) is 6. The number of aromatic nitrogens is 5. The zero-order valence-corrected chi connectivity index (χ0v) is 17.9. The summed E-state index contributed by atoms with van der Waals surface area (Å²) in [5.74, 6) is 1.64. The van der Waals surface area contributed by atoms with Crippen molar-refractivity contribution < 1.29 is 5.11 Å². The highest BCUT2D eigenvalue weighted by Gasteiger charge is 2.22. The lowest BCUT2D eigenvalue weighted by Crippen LogP contribution is -2.23. The minimum Gasteiger partial charge on any atom is -0.391 e. The molecule has 0 amide bonds. The van der Waals surface area contributed by atoms with Crippen LogP contribution in [-0.2, 0) is 12.8 Å². The van der Waals surface area contributed by atoms with Crippen molar-refractivity contribution >= 4 is 11.5 Å². The summed E-state index contributed by atoms with van der Waals surface area (Å²) in [6, 6.07) is 10.4. The van der Waals surface area contributed by atoms with Crippen molar-refractivity contribution in [2.45, 2.75) is 39.2 Å². The van der Waals surface area contributed by atoms with Gasteiger partial charge in [-0.15, -0.1) is 0 Å². The molecule has 0 spiro atoms. The van der Waals surface area contributed by atoms with Crippen LogP contribution in [0.15, 0.2) is 48.9 Å². The first kappa shape index (κ1) is 19.6. The van der Waals surface area contributed by atoms with Crippen LogP contribution in [0.5, 0.6) is 0 Å². The Morgan fingerprint density at radius 2 is 1.87 bits per heavy atom. The topological polar surface area (TPSA) is 79.4 Å². The van der Waals surface area contributed by atoms with Gasteiger partial charge >= 0.3 is 0 Å². The number of β-amino-alcohol motifs (C(OH)–C–C–N with tert-alkyl or cyclic N) is 1. The molecule has 1 aliphatic heterocycles. The molecular formula is C24H26N6O. The highest BCUT2D eigenvalue weighted by molar-refractivity contribution is 5.45. The number of hydrogen-bond donors (Lipinski definition) is 1. The van der Waals surface area contributed by atoms with Crippen LogP contribution < -0.4 is 4.90 Å². The van der Waals surface area contributed by atoms with Crippen LogP contribution in [0, 0.1) is 13.8 Å². The number of pyridine rings is 2. The van der Waals surface area contributed by atoms with Gasteiger partial charge in [-0.3, -0.25) is 4.98 Å². The van der Waals surface area contributed by atoms with E-state index >= 15 is 0 Å². The van der Waals surface area contributed by atoms with E-state index in [1.165, 1.54) is 5.56 Å². The van der Waals surface area contributed by atoms with Gasteiger partial charge in [-0.1, -0.05) is 0 Å². The number of imidazole rings is 1. The quantitative estimate of drug-likeness (QED) is 0.541. The SMILES string of the molecule is Cc1cc(C)nc(Cc2nc(Cc3ccn4ccnc4c3)cc(N3CCC(O)C3)n2)c1. The first-order valence-corrected chi connectivity index (χ1v) is 10.7. The lowest BCUT2D eigenvalue weighted by molar-refractivity contribution is 0.198. The van der Waals surface area contributed by atoms with E-state index in [1.807, 2.05) is 29.8 Å². The minimum absolute atomic E-state index is 0.300. The van der Waals surface area contributed by atoms with Crippen LogP contribution >= 0.6 is 0 Å². The molecule has 7 heteroatoms. The predicted molar refractivity (Wildman–Crippen MR) is 119 cm³/mol. The van der Waals surface area contributed by atoms with Crippen LogP contribution in [0.3, 0.4) is 0 Å². The zero-order chi connectivity index (χ0) is 21.4. The summed E-state index contributed by atoms with van der Waals surface area (Å²) >= 11 is 0. The second-order valence-electron chi connectivity index (χ2n) is 8.38. The third-order valence-corrected chi connectivity index (χ3v) is 5.64. The highest BCUT2D eigenvalue weighted by atomic mass is 16.3. The molecule has 5 heterocycles. The van der Waals surface area contributed by atoms with Crippen LogP contribution in [0.4, 0.5) is 5.82 Å². The van der Waals surface area contributed by atoms with Crippen LogP contribution in [0.2, 0.25) is 0 Å². The maximum Gasteiger partial charge on any atom is 0.136 e. The van der Waals surface area contributed by atoms with Gasteiger partial charge in [0.1, 0.15) is 17.3 Å². The lowest BCUT2D eigenvalue weighted by Gasteiger charge is -2.18. The molecule has 0 aliphatic carbocycles. The molecule has 0 radical (unpaired) electrons. The number of aliphatic hydroxyl groups is 1. The van der Waals surface area contributed by atoms with Crippen molar-refractivity contribution in [3.8, 4) is 0 Å². The van der Waals surface area contributed by atoms with Crippen molar-refractivity contribution in [1.82, 2.24) is 24.3 Å². The van der Waals surface area contributed by atoms with E-state index in [1.54, 1.807) is 6.20 Å². The number of aliphatic hydroxyl groups excluding tert-OH is 1. The second kappa shape index (κ2) is 8.07. The van der Waals surface area contributed by atoms with Crippen molar-refractivity contribution in [3.05, 3.63) is 83.0 Å². The maximum atomic E-state index is 10.0. The van der Waals surface area contributed by atoms with E-state index in [0.717, 1.165) is 52.9 Å². The van der Waals surface area contributed by atoms with Crippen LogP contribution in [0.1, 0.15) is 40.5 Å². The maximum absolute atomic E-state index is 10.0. The minimum atomic E-state index is -0.300. The summed E-state index contributed by atoms with van der Waals surface area (Å²) < 4.78 is 2.00. The first-order valence-electron chi connectivity index (χ1n) is 10.7. The number of rotatable bonds is 5. The molecule has 5 rings (SSSR count). The van der Waals surface area contributed by atoms with Gasteiger partial charge in [-0.05, 0) is 55.7 Å². The molecule has 1 aliphatic rings. The Balaban J connectivity index is 1.49. The summed E-state index contributed by atoms with van der Waals surface area (Å²) in [6.45, 7) is 5.51. The Kier molecular flexibility index (Phi) is 5.11. The Morgan fingerprint density at radius 3 is 2.68 bits per heavy atom. The van der Waals surface area contributed by atoms with Crippen molar-refractivity contribution in [2.75, 3.05) is 18.0 Å². The molecule has 1 atom stereocenters. The molecule has 1 fully saturated rings. The predicted octanol–water partition coefficient (Wildman–Crippen LogP) is 2.89. The largest absolute Gasteiger partial charge is 0.391 e. The Bertz CT molecular complexity index is 1210. The molecule has 1 N–H and O–H groups in total. The van der Waals surface area contributed by atoms with Gasteiger partial charge in [0.15, 0.2) is 0 Å². The Hall–Kier alpha value is -3.32.